The Labute approximate surface area is 164 Å². The number of imide groups is 1. The molecule has 0 radical (unpaired) electrons. The van der Waals surface area contributed by atoms with Gasteiger partial charge < -0.3 is 14.8 Å². The monoisotopic (exact) mass is 389 g/mol. The third-order valence-corrected chi connectivity index (χ3v) is 5.29. The van der Waals surface area contributed by atoms with Gasteiger partial charge in [-0.05, 0) is 63.6 Å². The van der Waals surface area contributed by atoms with E-state index in [4.69, 9.17) is 9.47 Å². The lowest BCUT2D eigenvalue weighted by Gasteiger charge is -2.33. The fourth-order valence-corrected chi connectivity index (χ4v) is 3.64. The average molecular weight is 389 g/mol. The van der Waals surface area contributed by atoms with Crippen molar-refractivity contribution in [3.05, 3.63) is 23.8 Å². The van der Waals surface area contributed by atoms with Crippen LogP contribution in [-0.4, -0.2) is 41.6 Å². The molecule has 2 fully saturated rings. The molecule has 1 saturated heterocycles. The van der Waals surface area contributed by atoms with Crippen molar-refractivity contribution in [2.75, 3.05) is 7.11 Å². The third kappa shape index (κ3) is 3.76. The van der Waals surface area contributed by atoms with Gasteiger partial charge in [0.05, 0.1) is 13.2 Å². The van der Waals surface area contributed by atoms with Crippen LogP contribution < -0.4 is 20.2 Å². The minimum atomic E-state index is -0.899. The molecule has 1 heterocycles. The zero-order chi connectivity index (χ0) is 20.5. The van der Waals surface area contributed by atoms with E-state index < -0.39 is 23.4 Å². The minimum Gasteiger partial charge on any atom is -0.493 e. The summed E-state index contributed by atoms with van der Waals surface area (Å²) < 4.78 is 10.9. The lowest BCUT2D eigenvalue weighted by atomic mass is 9.77. The number of rotatable bonds is 5. The number of nitrogens with zero attached hydrogens (tertiary/aromatic N) is 1. The first-order valence-electron chi connectivity index (χ1n) is 9.58. The highest BCUT2D eigenvalue weighted by molar-refractivity contribution is 6.09. The third-order valence-electron chi connectivity index (χ3n) is 5.29. The zero-order valence-electron chi connectivity index (χ0n) is 16.7. The molecular formula is C20H27N3O5. The number of hydrogen-bond donors (Lipinski definition) is 2. The average Bonchev–Trinajstić information content (AvgIpc) is 2.88. The summed E-state index contributed by atoms with van der Waals surface area (Å²) in [5.74, 6) is 0.470. The lowest BCUT2D eigenvalue weighted by Crippen LogP contribution is -2.51. The molecule has 1 aromatic carbocycles. The van der Waals surface area contributed by atoms with Crippen LogP contribution in [0, 0.1) is 5.92 Å². The highest BCUT2D eigenvalue weighted by Crippen LogP contribution is 2.36. The summed E-state index contributed by atoms with van der Waals surface area (Å²) in [6.45, 7) is 5.91. The molecule has 1 aliphatic carbocycles. The SMILES string of the molecule is COc1cc(C(=O)NN2C(=O)NC3(CCC(C)CC3)C2=O)ccc1OC(C)C. The number of amides is 4. The van der Waals surface area contributed by atoms with Crippen molar-refractivity contribution in [1.29, 1.82) is 0 Å². The van der Waals surface area contributed by atoms with E-state index >= 15 is 0 Å². The van der Waals surface area contributed by atoms with Crippen LogP contribution >= 0.6 is 0 Å². The van der Waals surface area contributed by atoms with Crippen LogP contribution in [0.5, 0.6) is 11.5 Å². The summed E-state index contributed by atoms with van der Waals surface area (Å²) in [6.07, 6.45) is 2.85. The van der Waals surface area contributed by atoms with Gasteiger partial charge >= 0.3 is 6.03 Å². The highest BCUT2D eigenvalue weighted by atomic mass is 16.5. The van der Waals surface area contributed by atoms with Gasteiger partial charge in [-0.1, -0.05) is 6.92 Å². The number of hydrogen-bond acceptors (Lipinski definition) is 5. The second kappa shape index (κ2) is 7.69. The van der Waals surface area contributed by atoms with Crippen LogP contribution in [0.25, 0.3) is 0 Å². The van der Waals surface area contributed by atoms with E-state index in [0.717, 1.165) is 17.9 Å². The molecule has 1 aromatic rings. The van der Waals surface area contributed by atoms with Gasteiger partial charge in [-0.3, -0.25) is 15.0 Å². The molecule has 28 heavy (non-hydrogen) atoms. The second-order valence-corrected chi connectivity index (χ2v) is 7.81. The number of ether oxygens (including phenoxy) is 2. The van der Waals surface area contributed by atoms with Gasteiger partial charge in [0.15, 0.2) is 11.5 Å². The lowest BCUT2D eigenvalue weighted by molar-refractivity contribution is -0.134. The van der Waals surface area contributed by atoms with E-state index in [1.54, 1.807) is 12.1 Å². The molecule has 8 nitrogen and oxygen atoms in total. The summed E-state index contributed by atoms with van der Waals surface area (Å²) >= 11 is 0. The Hall–Kier alpha value is -2.77. The van der Waals surface area contributed by atoms with Crippen LogP contribution in [0.4, 0.5) is 4.79 Å². The Kier molecular flexibility index (Phi) is 5.49. The van der Waals surface area contributed by atoms with Gasteiger partial charge in [0.2, 0.25) is 0 Å². The Morgan fingerprint density at radius 3 is 2.54 bits per heavy atom. The summed E-state index contributed by atoms with van der Waals surface area (Å²) in [7, 11) is 1.48. The molecule has 0 unspecified atom stereocenters. The molecule has 0 atom stereocenters. The van der Waals surface area contributed by atoms with Gasteiger partial charge in [0.1, 0.15) is 5.54 Å². The van der Waals surface area contributed by atoms with Gasteiger partial charge in [-0.2, -0.15) is 5.01 Å². The maximum Gasteiger partial charge on any atom is 0.344 e. The number of carbonyl (C=O) groups is 3. The number of nitrogens with one attached hydrogen (secondary N) is 2. The molecule has 2 N–H and O–H groups in total. The summed E-state index contributed by atoms with van der Waals surface area (Å²) in [4.78, 5) is 37.8. The normalized spacial score (nSPS) is 24.5. The largest absolute Gasteiger partial charge is 0.493 e. The Balaban J connectivity index is 1.74. The van der Waals surface area contributed by atoms with Crippen molar-refractivity contribution in [2.24, 2.45) is 5.92 Å². The van der Waals surface area contributed by atoms with Crippen LogP contribution in [-0.2, 0) is 4.79 Å². The highest BCUT2D eigenvalue weighted by Gasteiger charge is 2.52. The second-order valence-electron chi connectivity index (χ2n) is 7.81. The summed E-state index contributed by atoms with van der Waals surface area (Å²) in [5.41, 5.74) is 1.78. The van der Waals surface area contributed by atoms with Crippen molar-refractivity contribution < 1.29 is 23.9 Å². The van der Waals surface area contributed by atoms with Crippen LogP contribution in [0.3, 0.4) is 0 Å². The smallest absolute Gasteiger partial charge is 0.344 e. The molecule has 1 saturated carbocycles. The molecule has 2 aliphatic rings. The fourth-order valence-electron chi connectivity index (χ4n) is 3.64. The van der Waals surface area contributed by atoms with Gasteiger partial charge in [-0.15, -0.1) is 0 Å². The number of urea groups is 1. The molecule has 1 spiro atoms. The first-order valence-corrected chi connectivity index (χ1v) is 9.58. The van der Waals surface area contributed by atoms with Gasteiger partial charge in [0.25, 0.3) is 11.8 Å². The fraction of sp³-hybridized carbons (Fsp3) is 0.550. The topological polar surface area (TPSA) is 97.0 Å². The minimum absolute atomic E-state index is 0.0473. The van der Waals surface area contributed by atoms with Gasteiger partial charge in [-0.25, -0.2) is 4.79 Å². The van der Waals surface area contributed by atoms with E-state index in [1.807, 2.05) is 13.8 Å². The van der Waals surface area contributed by atoms with Crippen molar-refractivity contribution in [2.45, 2.75) is 58.1 Å². The van der Waals surface area contributed by atoms with Crippen LogP contribution in [0.2, 0.25) is 0 Å². The molecule has 3 rings (SSSR count). The van der Waals surface area contributed by atoms with E-state index in [1.165, 1.54) is 13.2 Å². The first-order chi connectivity index (χ1) is 13.3. The van der Waals surface area contributed by atoms with Crippen molar-refractivity contribution in [3.63, 3.8) is 0 Å². The maximum absolute atomic E-state index is 12.8. The predicted octanol–water partition coefficient (Wildman–Crippen LogP) is 2.63. The zero-order valence-corrected chi connectivity index (χ0v) is 16.7. The van der Waals surface area contributed by atoms with Crippen LogP contribution in [0.15, 0.2) is 18.2 Å². The molecular weight excluding hydrogens is 362 g/mol. The number of benzene rings is 1. The van der Waals surface area contributed by atoms with Crippen molar-refractivity contribution in [1.82, 2.24) is 15.8 Å². The van der Waals surface area contributed by atoms with E-state index in [9.17, 15) is 14.4 Å². The first kappa shape index (κ1) is 20.0. The van der Waals surface area contributed by atoms with E-state index in [-0.39, 0.29) is 11.7 Å². The summed E-state index contributed by atoms with van der Waals surface area (Å²) in [5, 5.41) is 3.57. The molecule has 4 amide bonds. The summed E-state index contributed by atoms with van der Waals surface area (Å²) in [6, 6.07) is 4.11. The van der Waals surface area contributed by atoms with E-state index in [2.05, 4.69) is 17.7 Å². The standard InChI is InChI=1S/C20H27N3O5/c1-12(2)28-15-6-5-14(11-16(15)27-4)17(24)22-23-18(25)20(21-19(23)26)9-7-13(3)8-10-20/h5-6,11-13H,7-10H2,1-4H3,(H,21,26)(H,22,24). The number of methoxy groups -OCH3 is 1. The quantitative estimate of drug-likeness (QED) is 0.755. The van der Waals surface area contributed by atoms with Crippen molar-refractivity contribution >= 4 is 17.8 Å². The molecule has 1 aliphatic heterocycles. The van der Waals surface area contributed by atoms with Gasteiger partial charge in [0, 0.05) is 5.56 Å². The number of carbonyl (C=O) groups excluding carboxylic acids is 3. The number of hydrazine groups is 1. The van der Waals surface area contributed by atoms with Crippen molar-refractivity contribution in [3.8, 4) is 11.5 Å². The molecule has 8 heteroatoms. The molecule has 0 bridgehead atoms. The van der Waals surface area contributed by atoms with Crippen LogP contribution in [0.1, 0.15) is 56.8 Å². The molecule has 152 valence electrons. The Morgan fingerprint density at radius 1 is 1.25 bits per heavy atom. The Morgan fingerprint density at radius 2 is 1.93 bits per heavy atom. The molecule has 0 aromatic heterocycles. The maximum atomic E-state index is 12.8. The van der Waals surface area contributed by atoms with E-state index in [0.29, 0.717) is 30.3 Å². The predicted molar refractivity (Wildman–Crippen MR) is 102 cm³/mol. The Bertz CT molecular complexity index is 784.